The van der Waals surface area contributed by atoms with Crippen molar-refractivity contribution in [3.63, 3.8) is 0 Å². The quantitative estimate of drug-likeness (QED) is 0.149. The van der Waals surface area contributed by atoms with E-state index in [4.69, 9.17) is 4.99 Å². The van der Waals surface area contributed by atoms with Crippen LogP contribution in [0.3, 0.4) is 0 Å². The van der Waals surface area contributed by atoms with Gasteiger partial charge in [-0.2, -0.15) is 0 Å². The van der Waals surface area contributed by atoms with Crippen LogP contribution < -0.4 is 0 Å². The molecule has 52 heavy (non-hydrogen) atoms. The maximum Gasteiger partial charge on any atom is 0.678 e. The molecule has 2 heterocycles. The summed E-state index contributed by atoms with van der Waals surface area (Å²) in [5, 5.41) is 0. The van der Waals surface area contributed by atoms with Gasteiger partial charge in [-0.3, -0.25) is 8.63 Å². The highest BCUT2D eigenvalue weighted by Crippen LogP contribution is 2.45. The number of benzene rings is 5. The molecule has 0 unspecified atom stereocenters. The van der Waals surface area contributed by atoms with Crippen molar-refractivity contribution in [1.29, 1.82) is 0 Å². The van der Waals surface area contributed by atoms with E-state index in [9.17, 15) is 0 Å². The minimum Gasteiger partial charge on any atom is -0.324 e. The average Bonchev–Trinajstić information content (AvgIpc) is 3.73. The van der Waals surface area contributed by atoms with Gasteiger partial charge in [-0.25, -0.2) is 4.99 Å². The topological polar surface area (TPSA) is 17.3 Å². The van der Waals surface area contributed by atoms with Crippen LogP contribution in [0.2, 0.25) is 0 Å². The third kappa shape index (κ3) is 6.88. The highest BCUT2D eigenvalue weighted by Gasteiger charge is 2.34. The van der Waals surface area contributed by atoms with Gasteiger partial charge in [-0.15, -0.1) is 0 Å². The predicted molar refractivity (Wildman–Crippen MR) is 216 cm³/mol. The van der Waals surface area contributed by atoms with Crippen molar-refractivity contribution in [2.45, 2.75) is 53.9 Å². The maximum absolute atomic E-state index is 16.0. The summed E-state index contributed by atoms with van der Waals surface area (Å²) in [5.74, 6) is 0. The van der Waals surface area contributed by atoms with E-state index in [2.05, 4.69) is 113 Å². The largest absolute Gasteiger partial charge is 0.678 e. The zero-order chi connectivity index (χ0) is 36.7. The van der Waals surface area contributed by atoms with E-state index in [0.29, 0.717) is 22.7 Å². The van der Waals surface area contributed by atoms with Crippen LogP contribution in [0.1, 0.15) is 71.0 Å². The maximum atomic E-state index is 16.0. The van der Waals surface area contributed by atoms with Crippen molar-refractivity contribution >= 4 is 24.3 Å². The molecule has 0 amide bonds. The van der Waals surface area contributed by atoms with Crippen molar-refractivity contribution in [2.75, 3.05) is 0 Å². The molecule has 0 saturated heterocycles. The molecule has 5 aromatic carbocycles. The standard InChI is InChI=1S/C47H43BF2N2/c1-30-8-16-34(17-9-30)40-28-42(36-20-12-32(3)13-21-36)51-45(40)44(38-24-26-39(27-25-38)47(5,6)7)46-41(35-18-10-31(2)11-19-35)29-43(52(46)48(49)50)37-22-14-33(4)15-23-37/h8-29H,1-7H3. The van der Waals surface area contributed by atoms with Crippen molar-refractivity contribution in [2.24, 2.45) is 4.99 Å². The van der Waals surface area contributed by atoms with Gasteiger partial charge < -0.3 is 4.48 Å². The van der Waals surface area contributed by atoms with Gasteiger partial charge >= 0.3 is 7.40 Å². The van der Waals surface area contributed by atoms with Crippen molar-refractivity contribution in [1.82, 2.24) is 4.48 Å². The molecule has 1 aromatic heterocycles. The summed E-state index contributed by atoms with van der Waals surface area (Å²) in [6.07, 6.45) is 2.11. The molecule has 0 fully saturated rings. The first-order valence-corrected chi connectivity index (χ1v) is 17.9. The van der Waals surface area contributed by atoms with E-state index in [-0.39, 0.29) is 5.41 Å². The fourth-order valence-corrected chi connectivity index (χ4v) is 6.84. The van der Waals surface area contributed by atoms with Crippen LogP contribution in [0.5, 0.6) is 0 Å². The first kappa shape index (κ1) is 34.9. The Balaban J connectivity index is 1.63. The Morgan fingerprint density at radius 2 is 1.04 bits per heavy atom. The highest BCUT2D eigenvalue weighted by molar-refractivity contribution is 6.42. The molecule has 1 aliphatic rings. The summed E-state index contributed by atoms with van der Waals surface area (Å²) >= 11 is 0. The van der Waals surface area contributed by atoms with Crippen LogP contribution in [-0.2, 0) is 5.41 Å². The van der Waals surface area contributed by atoms with E-state index in [0.717, 1.165) is 72.5 Å². The lowest BCUT2D eigenvalue weighted by molar-refractivity contribution is 0.590. The first-order chi connectivity index (χ1) is 24.9. The smallest absolute Gasteiger partial charge is 0.324 e. The number of hydrogen-bond acceptors (Lipinski definition) is 1. The predicted octanol–water partition coefficient (Wildman–Crippen LogP) is 12.5. The summed E-state index contributed by atoms with van der Waals surface area (Å²) in [7, 11) is -2.83. The molecule has 0 spiro atoms. The first-order valence-electron chi connectivity index (χ1n) is 17.9. The lowest BCUT2D eigenvalue weighted by Crippen LogP contribution is -2.18. The number of aryl methyl sites for hydroxylation is 4. The molecule has 0 radical (unpaired) electrons. The number of nitrogens with zero attached hydrogens (tertiary/aromatic N) is 2. The summed E-state index contributed by atoms with van der Waals surface area (Å²) in [6.45, 7) is 14.7. The molecule has 6 aromatic rings. The zero-order valence-corrected chi connectivity index (χ0v) is 30.9. The van der Waals surface area contributed by atoms with E-state index < -0.39 is 7.40 Å². The molecule has 0 bridgehead atoms. The Labute approximate surface area is 307 Å². The van der Waals surface area contributed by atoms with Crippen LogP contribution in [0.15, 0.2) is 144 Å². The lowest BCUT2D eigenvalue weighted by atomic mass is 9.84. The second-order valence-corrected chi connectivity index (χ2v) is 15.0. The Hall–Kier alpha value is -5.55. The van der Waals surface area contributed by atoms with Crippen LogP contribution in [0, 0.1) is 27.7 Å². The van der Waals surface area contributed by atoms with Crippen molar-refractivity contribution < 1.29 is 8.63 Å². The van der Waals surface area contributed by atoms with Crippen molar-refractivity contribution in [3.05, 3.63) is 189 Å². The van der Waals surface area contributed by atoms with Gasteiger partial charge in [0.1, 0.15) is 0 Å². The molecule has 0 saturated carbocycles. The third-order valence-corrected chi connectivity index (χ3v) is 9.93. The monoisotopic (exact) mass is 684 g/mol. The molecule has 5 heteroatoms. The average molecular weight is 685 g/mol. The number of hydrogen-bond donors (Lipinski definition) is 0. The van der Waals surface area contributed by atoms with Gasteiger partial charge in [0.05, 0.1) is 17.1 Å². The molecule has 0 N–H and O–H groups in total. The van der Waals surface area contributed by atoms with E-state index >= 15 is 8.63 Å². The molecular formula is C47H43BF2N2. The molecule has 0 aliphatic carbocycles. The number of rotatable bonds is 7. The third-order valence-electron chi connectivity index (χ3n) is 9.93. The Morgan fingerprint density at radius 1 is 0.577 bits per heavy atom. The molecular weight excluding hydrogens is 641 g/mol. The minimum absolute atomic E-state index is 0.0855. The molecule has 7 rings (SSSR count). The minimum atomic E-state index is -2.83. The lowest BCUT2D eigenvalue weighted by Gasteiger charge is -2.22. The zero-order valence-electron chi connectivity index (χ0n) is 30.9. The normalized spacial score (nSPS) is 13.9. The SMILES string of the molecule is Cc1ccc(C2=CC(c3ccc(C)cc3)=NC2=C(c2ccc(C(C)(C)C)cc2)c2c(-c3ccc(C)cc3)cc(-c3ccc(C)cc3)n2B(F)F)cc1. The van der Waals surface area contributed by atoms with Crippen LogP contribution in [0.25, 0.3) is 33.5 Å². The van der Waals surface area contributed by atoms with Crippen LogP contribution in [-0.4, -0.2) is 17.6 Å². The fraction of sp³-hybridized carbons (Fsp3) is 0.170. The molecule has 0 atom stereocenters. The second-order valence-electron chi connectivity index (χ2n) is 15.0. The van der Waals surface area contributed by atoms with E-state index in [1.807, 2.05) is 68.4 Å². The van der Waals surface area contributed by atoms with Gasteiger partial charge in [0.15, 0.2) is 0 Å². The molecule has 1 aliphatic heterocycles. The number of aliphatic imine (C=N–C) groups is 1. The van der Waals surface area contributed by atoms with Crippen LogP contribution in [0.4, 0.5) is 8.63 Å². The second kappa shape index (κ2) is 13.9. The van der Waals surface area contributed by atoms with E-state index in [1.54, 1.807) is 0 Å². The van der Waals surface area contributed by atoms with Gasteiger partial charge in [0, 0.05) is 28.0 Å². The van der Waals surface area contributed by atoms with Crippen molar-refractivity contribution in [3.8, 4) is 22.4 Å². The number of aromatic nitrogens is 1. The Morgan fingerprint density at radius 3 is 1.52 bits per heavy atom. The van der Waals surface area contributed by atoms with Gasteiger partial charge in [-0.1, -0.05) is 164 Å². The summed E-state index contributed by atoms with van der Waals surface area (Å²) < 4.78 is 33.1. The highest BCUT2D eigenvalue weighted by atomic mass is 19.2. The molecule has 258 valence electrons. The Kier molecular flexibility index (Phi) is 9.31. The Bertz CT molecular complexity index is 2330. The van der Waals surface area contributed by atoms with Crippen LogP contribution >= 0.6 is 0 Å². The van der Waals surface area contributed by atoms with Gasteiger partial charge in [0.2, 0.25) is 0 Å². The summed E-state index contributed by atoms with van der Waals surface area (Å²) in [5.41, 5.74) is 14.5. The van der Waals surface area contributed by atoms with Gasteiger partial charge in [-0.05, 0) is 73.1 Å². The number of allylic oxidation sites excluding steroid dienone is 2. The fourth-order valence-electron chi connectivity index (χ4n) is 6.84. The van der Waals surface area contributed by atoms with E-state index in [1.165, 1.54) is 4.48 Å². The summed E-state index contributed by atoms with van der Waals surface area (Å²) in [6, 6.07) is 42.9. The number of halogens is 2. The van der Waals surface area contributed by atoms with Gasteiger partial charge in [0.25, 0.3) is 0 Å². The summed E-state index contributed by atoms with van der Waals surface area (Å²) in [4.78, 5) is 5.38. The molecule has 2 nitrogen and oxygen atoms in total.